The van der Waals surface area contributed by atoms with E-state index in [4.69, 9.17) is 5.73 Å². The topological polar surface area (TPSA) is 101 Å². The first-order chi connectivity index (χ1) is 12.7. The Morgan fingerprint density at radius 3 is 2.07 bits per heavy atom. The first-order valence-corrected chi connectivity index (χ1v) is 10.1. The Balaban J connectivity index is 0.00000392. The summed E-state index contributed by atoms with van der Waals surface area (Å²) in [6, 6.07) is 10.5. The number of hydrogen-bond donors (Lipinski definition) is 3. The zero-order valence-corrected chi connectivity index (χ0v) is 17.4. The van der Waals surface area contributed by atoms with Gasteiger partial charge in [-0.3, -0.25) is 9.52 Å². The van der Waals surface area contributed by atoms with Crippen molar-refractivity contribution in [2.45, 2.75) is 37.1 Å². The third kappa shape index (κ3) is 6.19. The van der Waals surface area contributed by atoms with Crippen molar-refractivity contribution in [1.29, 1.82) is 0 Å². The van der Waals surface area contributed by atoms with Gasteiger partial charge in [0.15, 0.2) is 0 Å². The Bertz CT molecular complexity index is 884. The summed E-state index contributed by atoms with van der Waals surface area (Å²) >= 11 is 0. The Morgan fingerprint density at radius 1 is 1.04 bits per heavy atom. The summed E-state index contributed by atoms with van der Waals surface area (Å²) in [4.78, 5) is 12.2. The molecule has 0 saturated carbocycles. The van der Waals surface area contributed by atoms with E-state index in [0.29, 0.717) is 17.8 Å². The van der Waals surface area contributed by atoms with Crippen LogP contribution < -0.4 is 15.8 Å². The number of carbonyl (C=O) groups is 1. The fourth-order valence-electron chi connectivity index (χ4n) is 2.38. The normalized spacial score (nSPS) is 11.4. The van der Waals surface area contributed by atoms with Gasteiger partial charge in [0.05, 0.1) is 4.90 Å². The van der Waals surface area contributed by atoms with Crippen LogP contribution in [0.2, 0.25) is 0 Å². The maximum atomic E-state index is 12.9. The number of anilines is 1. The molecule has 2 aromatic rings. The van der Waals surface area contributed by atoms with Crippen molar-refractivity contribution >= 4 is 34.0 Å². The van der Waals surface area contributed by atoms with E-state index >= 15 is 0 Å². The van der Waals surface area contributed by atoms with Gasteiger partial charge in [0, 0.05) is 23.3 Å². The lowest BCUT2D eigenvalue weighted by molar-refractivity contribution is 0.0942. The van der Waals surface area contributed by atoms with Crippen LogP contribution in [0.15, 0.2) is 53.4 Å². The van der Waals surface area contributed by atoms with Gasteiger partial charge in [-0.15, -0.1) is 12.4 Å². The summed E-state index contributed by atoms with van der Waals surface area (Å²) < 4.78 is 39.9. The molecule has 0 aliphatic rings. The number of nitrogens with two attached hydrogens (primary N) is 1. The lowest BCUT2D eigenvalue weighted by atomic mass is 9.94. The third-order valence-corrected chi connectivity index (χ3v) is 5.93. The second kappa shape index (κ2) is 9.86. The van der Waals surface area contributed by atoms with Crippen LogP contribution in [0.3, 0.4) is 0 Å². The molecular formula is C19H25ClFN3O3S. The van der Waals surface area contributed by atoms with E-state index in [1.165, 1.54) is 36.4 Å². The van der Waals surface area contributed by atoms with Crippen LogP contribution in [0.5, 0.6) is 0 Å². The average Bonchev–Trinajstić information content (AvgIpc) is 2.66. The summed E-state index contributed by atoms with van der Waals surface area (Å²) in [5.74, 6) is -0.795. The van der Waals surface area contributed by atoms with Crippen molar-refractivity contribution in [2.75, 3.05) is 11.3 Å². The predicted octanol–water partition coefficient (Wildman–Crippen LogP) is 3.30. The highest BCUT2D eigenvalue weighted by Crippen LogP contribution is 2.17. The lowest BCUT2D eigenvalue weighted by Crippen LogP contribution is -2.49. The minimum absolute atomic E-state index is 0. The molecule has 0 heterocycles. The number of nitrogens with one attached hydrogen (secondary N) is 2. The van der Waals surface area contributed by atoms with Crippen LogP contribution in [0.1, 0.15) is 37.0 Å². The van der Waals surface area contributed by atoms with E-state index in [1.54, 1.807) is 0 Å². The minimum Gasteiger partial charge on any atom is -0.350 e. The van der Waals surface area contributed by atoms with Crippen LogP contribution in [-0.4, -0.2) is 26.4 Å². The number of sulfonamides is 1. The van der Waals surface area contributed by atoms with Gasteiger partial charge in [0.25, 0.3) is 15.9 Å². The van der Waals surface area contributed by atoms with E-state index in [2.05, 4.69) is 10.0 Å². The molecule has 154 valence electrons. The highest BCUT2D eigenvalue weighted by atomic mass is 35.5. The fourth-order valence-corrected chi connectivity index (χ4v) is 3.43. The number of halogens is 2. The van der Waals surface area contributed by atoms with Crippen molar-refractivity contribution in [3.63, 3.8) is 0 Å². The van der Waals surface area contributed by atoms with Crippen LogP contribution in [-0.2, 0) is 10.0 Å². The third-order valence-electron chi connectivity index (χ3n) is 4.53. The fraction of sp³-hybridized carbons (Fsp3) is 0.316. The molecule has 2 rings (SSSR count). The number of benzene rings is 2. The van der Waals surface area contributed by atoms with Crippen LogP contribution in [0, 0.1) is 5.82 Å². The smallest absolute Gasteiger partial charge is 0.261 e. The van der Waals surface area contributed by atoms with Gasteiger partial charge in [0.1, 0.15) is 5.82 Å². The number of carbonyl (C=O) groups excluding carboxylic acids is 1. The molecule has 6 nitrogen and oxygen atoms in total. The second-order valence-corrected chi connectivity index (χ2v) is 8.07. The molecule has 0 aliphatic carbocycles. The summed E-state index contributed by atoms with van der Waals surface area (Å²) in [7, 11) is -3.83. The van der Waals surface area contributed by atoms with Crippen molar-refractivity contribution in [3.05, 3.63) is 59.9 Å². The van der Waals surface area contributed by atoms with E-state index < -0.39 is 21.4 Å². The minimum atomic E-state index is -3.83. The highest BCUT2D eigenvalue weighted by Gasteiger charge is 2.21. The van der Waals surface area contributed by atoms with Gasteiger partial charge < -0.3 is 11.1 Å². The van der Waals surface area contributed by atoms with Crippen molar-refractivity contribution < 1.29 is 17.6 Å². The molecule has 0 aromatic heterocycles. The Hall–Kier alpha value is -2.16. The summed E-state index contributed by atoms with van der Waals surface area (Å²) in [5, 5.41) is 2.80. The van der Waals surface area contributed by atoms with E-state index in [9.17, 15) is 17.6 Å². The molecule has 0 atom stereocenters. The maximum Gasteiger partial charge on any atom is 0.261 e. The zero-order valence-electron chi connectivity index (χ0n) is 15.7. The average molecular weight is 430 g/mol. The van der Waals surface area contributed by atoms with Gasteiger partial charge in [0.2, 0.25) is 0 Å². The molecule has 9 heteroatoms. The maximum absolute atomic E-state index is 12.9. The van der Waals surface area contributed by atoms with E-state index in [0.717, 1.165) is 25.0 Å². The zero-order chi connectivity index (χ0) is 20.1. The van der Waals surface area contributed by atoms with Gasteiger partial charge in [-0.2, -0.15) is 0 Å². The standard InChI is InChI=1S/C19H24FN3O3S.ClH/c1-3-19(21,4-2)13-22-18(24)14-5-9-16(10-6-14)23-27(25,26)17-11-7-15(20)8-12-17;/h5-12,23H,3-4,13,21H2,1-2H3,(H,22,24);1H. The lowest BCUT2D eigenvalue weighted by Gasteiger charge is -2.26. The first kappa shape index (κ1) is 23.9. The summed E-state index contributed by atoms with van der Waals surface area (Å²) in [6.45, 7) is 4.30. The van der Waals surface area contributed by atoms with Gasteiger partial charge in [-0.1, -0.05) is 13.8 Å². The van der Waals surface area contributed by atoms with Crippen molar-refractivity contribution in [1.82, 2.24) is 5.32 Å². The Kier molecular flexibility index (Phi) is 8.41. The largest absolute Gasteiger partial charge is 0.350 e. The number of amides is 1. The molecular weight excluding hydrogens is 405 g/mol. The molecule has 0 bridgehead atoms. The SMILES string of the molecule is CCC(N)(CC)CNC(=O)c1ccc(NS(=O)(=O)c2ccc(F)cc2)cc1.Cl. The van der Waals surface area contributed by atoms with Crippen molar-refractivity contribution in [3.8, 4) is 0 Å². The molecule has 1 amide bonds. The molecule has 4 N–H and O–H groups in total. The summed E-state index contributed by atoms with van der Waals surface area (Å²) in [6.07, 6.45) is 1.49. The quantitative estimate of drug-likeness (QED) is 0.599. The van der Waals surface area contributed by atoms with Gasteiger partial charge >= 0.3 is 0 Å². The van der Waals surface area contributed by atoms with Crippen molar-refractivity contribution in [2.24, 2.45) is 5.73 Å². The molecule has 0 spiro atoms. The Morgan fingerprint density at radius 2 is 1.57 bits per heavy atom. The monoisotopic (exact) mass is 429 g/mol. The number of rotatable bonds is 8. The number of hydrogen-bond acceptors (Lipinski definition) is 4. The first-order valence-electron chi connectivity index (χ1n) is 8.64. The van der Waals surface area contributed by atoms with Gasteiger partial charge in [-0.05, 0) is 61.4 Å². The molecule has 28 heavy (non-hydrogen) atoms. The van der Waals surface area contributed by atoms with Crippen LogP contribution in [0.4, 0.5) is 10.1 Å². The molecule has 2 aromatic carbocycles. The molecule has 0 fully saturated rings. The molecule has 0 radical (unpaired) electrons. The molecule has 0 aliphatic heterocycles. The van der Waals surface area contributed by atoms with Crippen LogP contribution >= 0.6 is 12.4 Å². The van der Waals surface area contributed by atoms with Crippen LogP contribution in [0.25, 0.3) is 0 Å². The molecule has 0 unspecified atom stereocenters. The molecule has 0 saturated heterocycles. The summed E-state index contributed by atoms with van der Waals surface area (Å²) in [5.41, 5.74) is 6.42. The van der Waals surface area contributed by atoms with Gasteiger partial charge in [-0.25, -0.2) is 12.8 Å². The van der Waals surface area contributed by atoms with E-state index in [1.807, 2.05) is 13.8 Å². The van der Waals surface area contributed by atoms with E-state index in [-0.39, 0.29) is 23.2 Å². The predicted molar refractivity (Wildman–Crippen MR) is 111 cm³/mol. The highest BCUT2D eigenvalue weighted by molar-refractivity contribution is 7.92. The second-order valence-electron chi connectivity index (χ2n) is 6.39. The Labute approximate surface area is 171 Å².